The quantitative estimate of drug-likeness (QED) is 0.868. The van der Waals surface area contributed by atoms with Crippen LogP contribution in [0.5, 0.6) is 0 Å². The summed E-state index contributed by atoms with van der Waals surface area (Å²) >= 11 is 0. The lowest BCUT2D eigenvalue weighted by molar-refractivity contribution is -0.114. The van der Waals surface area contributed by atoms with Crippen molar-refractivity contribution in [1.82, 2.24) is 0 Å². The van der Waals surface area contributed by atoms with Crippen molar-refractivity contribution in [2.45, 2.75) is 33.1 Å². The second-order valence-corrected chi connectivity index (χ2v) is 9.31. The third-order valence-electron chi connectivity index (χ3n) is 4.08. The Bertz CT molecular complexity index is 899. The molecule has 5 nitrogen and oxygen atoms in total. The summed E-state index contributed by atoms with van der Waals surface area (Å²) in [7, 11) is -3.59. The molecule has 0 fully saturated rings. The second-order valence-electron chi connectivity index (χ2n) is 7.40. The van der Waals surface area contributed by atoms with Gasteiger partial charge in [0, 0.05) is 5.69 Å². The Morgan fingerprint density at radius 2 is 1.62 bits per heavy atom. The number of hydrogen-bond donors (Lipinski definition) is 1. The number of benzene rings is 2. The molecule has 2 aromatic carbocycles. The Balaban J connectivity index is 2.29. The maximum atomic E-state index is 12.6. The fraction of sp³-hybridized carbons (Fsp3) is 0.350. The zero-order valence-electron chi connectivity index (χ0n) is 15.9. The number of carbonyl (C=O) groups excluding carboxylic acids is 1. The Morgan fingerprint density at radius 1 is 1.04 bits per heavy atom. The first kappa shape index (κ1) is 20.0. The molecule has 140 valence electrons. The van der Waals surface area contributed by atoms with Gasteiger partial charge in [0.15, 0.2) is 0 Å². The highest BCUT2D eigenvalue weighted by molar-refractivity contribution is 7.92. The zero-order valence-corrected chi connectivity index (χ0v) is 16.7. The van der Waals surface area contributed by atoms with E-state index in [9.17, 15) is 13.2 Å². The van der Waals surface area contributed by atoms with E-state index in [0.717, 1.165) is 21.7 Å². The average Bonchev–Trinajstić information content (AvgIpc) is 2.52. The van der Waals surface area contributed by atoms with Crippen LogP contribution in [0.3, 0.4) is 0 Å². The standard InChI is InChI=1S/C20H26N2O3S/c1-15-10-6-9-13-18(15)22(26(5,24)25)14-19(23)21-17-12-8-7-11-16(17)20(2,3)4/h6-13H,14H2,1-5H3,(H,21,23). The van der Waals surface area contributed by atoms with Crippen molar-refractivity contribution in [3.05, 3.63) is 59.7 Å². The lowest BCUT2D eigenvalue weighted by Gasteiger charge is -2.25. The van der Waals surface area contributed by atoms with Gasteiger partial charge in [-0.2, -0.15) is 0 Å². The number of sulfonamides is 1. The van der Waals surface area contributed by atoms with Gasteiger partial charge in [-0.3, -0.25) is 9.10 Å². The summed E-state index contributed by atoms with van der Waals surface area (Å²) in [4.78, 5) is 12.6. The van der Waals surface area contributed by atoms with E-state index in [0.29, 0.717) is 11.4 Å². The Kier molecular flexibility index (Phi) is 5.76. The van der Waals surface area contributed by atoms with Crippen LogP contribution in [-0.4, -0.2) is 27.1 Å². The first-order valence-electron chi connectivity index (χ1n) is 8.43. The number of amides is 1. The molecule has 2 rings (SSSR count). The predicted molar refractivity (Wildman–Crippen MR) is 107 cm³/mol. The summed E-state index contributed by atoms with van der Waals surface area (Å²) in [5.41, 5.74) is 2.85. The van der Waals surface area contributed by atoms with E-state index >= 15 is 0 Å². The highest BCUT2D eigenvalue weighted by Crippen LogP contribution is 2.29. The van der Waals surface area contributed by atoms with E-state index in [1.54, 1.807) is 12.1 Å². The van der Waals surface area contributed by atoms with Gasteiger partial charge in [-0.15, -0.1) is 0 Å². The van der Waals surface area contributed by atoms with Crippen molar-refractivity contribution >= 4 is 27.3 Å². The third kappa shape index (κ3) is 4.85. The summed E-state index contributed by atoms with van der Waals surface area (Å²) in [5.74, 6) is -0.379. The van der Waals surface area contributed by atoms with Crippen molar-refractivity contribution in [3.63, 3.8) is 0 Å². The van der Waals surface area contributed by atoms with Gasteiger partial charge in [-0.25, -0.2) is 8.42 Å². The molecule has 1 amide bonds. The van der Waals surface area contributed by atoms with Gasteiger partial charge in [0.25, 0.3) is 0 Å². The molecule has 6 heteroatoms. The van der Waals surface area contributed by atoms with Gasteiger partial charge in [0.1, 0.15) is 6.54 Å². The number of aryl methyl sites for hydroxylation is 1. The molecule has 0 unspecified atom stereocenters. The molecule has 0 saturated heterocycles. The lowest BCUT2D eigenvalue weighted by atomic mass is 9.86. The van der Waals surface area contributed by atoms with Crippen LogP contribution < -0.4 is 9.62 Å². The molecule has 0 aliphatic carbocycles. The molecule has 0 atom stereocenters. The summed E-state index contributed by atoms with van der Waals surface area (Å²) in [6.07, 6.45) is 1.11. The molecule has 2 aromatic rings. The highest BCUT2D eigenvalue weighted by Gasteiger charge is 2.24. The fourth-order valence-electron chi connectivity index (χ4n) is 2.79. The van der Waals surface area contributed by atoms with Crippen molar-refractivity contribution in [2.24, 2.45) is 0 Å². The molecule has 0 aliphatic heterocycles. The topological polar surface area (TPSA) is 66.5 Å². The van der Waals surface area contributed by atoms with Crippen LogP contribution in [0, 0.1) is 6.92 Å². The zero-order chi connectivity index (χ0) is 19.5. The molecule has 26 heavy (non-hydrogen) atoms. The summed E-state index contributed by atoms with van der Waals surface area (Å²) < 4.78 is 25.6. The number of para-hydroxylation sites is 2. The van der Waals surface area contributed by atoms with E-state index < -0.39 is 10.0 Å². The van der Waals surface area contributed by atoms with Crippen LogP contribution in [0.4, 0.5) is 11.4 Å². The smallest absolute Gasteiger partial charge is 0.245 e. The van der Waals surface area contributed by atoms with Crippen LogP contribution in [0.2, 0.25) is 0 Å². The molecule has 0 heterocycles. The van der Waals surface area contributed by atoms with Crippen LogP contribution >= 0.6 is 0 Å². The number of nitrogens with one attached hydrogen (secondary N) is 1. The molecule has 0 bridgehead atoms. The summed E-state index contributed by atoms with van der Waals surface area (Å²) in [6, 6.07) is 14.7. The van der Waals surface area contributed by atoms with E-state index in [1.807, 2.05) is 43.3 Å². The SMILES string of the molecule is Cc1ccccc1N(CC(=O)Nc1ccccc1C(C)(C)C)S(C)(=O)=O. The van der Waals surface area contributed by atoms with Crippen LogP contribution in [0.25, 0.3) is 0 Å². The Labute approximate surface area is 156 Å². The maximum Gasteiger partial charge on any atom is 0.245 e. The van der Waals surface area contributed by atoms with Gasteiger partial charge in [-0.05, 0) is 35.6 Å². The van der Waals surface area contributed by atoms with E-state index in [-0.39, 0.29) is 17.9 Å². The number of hydrogen-bond acceptors (Lipinski definition) is 3. The van der Waals surface area contributed by atoms with Crippen molar-refractivity contribution in [2.75, 3.05) is 22.4 Å². The summed E-state index contributed by atoms with van der Waals surface area (Å²) in [5, 5.41) is 2.86. The van der Waals surface area contributed by atoms with Crippen LogP contribution in [0.15, 0.2) is 48.5 Å². The van der Waals surface area contributed by atoms with E-state index in [2.05, 4.69) is 26.1 Å². The van der Waals surface area contributed by atoms with Gasteiger partial charge in [0.2, 0.25) is 15.9 Å². The molecule has 1 N–H and O–H groups in total. The number of anilines is 2. The molecule has 0 aromatic heterocycles. The highest BCUT2D eigenvalue weighted by atomic mass is 32.2. The van der Waals surface area contributed by atoms with E-state index in [1.165, 1.54) is 0 Å². The monoisotopic (exact) mass is 374 g/mol. The van der Waals surface area contributed by atoms with Crippen molar-refractivity contribution < 1.29 is 13.2 Å². The minimum atomic E-state index is -3.59. The molecule has 0 spiro atoms. The van der Waals surface area contributed by atoms with Gasteiger partial charge in [0.05, 0.1) is 11.9 Å². The minimum Gasteiger partial charge on any atom is -0.324 e. The van der Waals surface area contributed by atoms with Crippen LogP contribution in [-0.2, 0) is 20.2 Å². The van der Waals surface area contributed by atoms with Gasteiger partial charge >= 0.3 is 0 Å². The first-order valence-corrected chi connectivity index (χ1v) is 10.3. The first-order chi connectivity index (χ1) is 12.0. The molecule has 0 radical (unpaired) electrons. The predicted octanol–water partition coefficient (Wildman–Crippen LogP) is 3.70. The van der Waals surface area contributed by atoms with Crippen LogP contribution in [0.1, 0.15) is 31.9 Å². The third-order valence-corrected chi connectivity index (χ3v) is 5.21. The molecule has 0 aliphatic rings. The molecular formula is C20H26N2O3S. The van der Waals surface area contributed by atoms with Crippen molar-refractivity contribution in [1.29, 1.82) is 0 Å². The average molecular weight is 375 g/mol. The lowest BCUT2D eigenvalue weighted by Crippen LogP contribution is -2.38. The summed E-state index contributed by atoms with van der Waals surface area (Å²) in [6.45, 7) is 7.73. The second kappa shape index (κ2) is 7.50. The van der Waals surface area contributed by atoms with Crippen molar-refractivity contribution in [3.8, 4) is 0 Å². The number of carbonyl (C=O) groups is 1. The van der Waals surface area contributed by atoms with Gasteiger partial charge < -0.3 is 5.32 Å². The molecular weight excluding hydrogens is 348 g/mol. The normalized spacial score (nSPS) is 11.9. The fourth-order valence-corrected chi connectivity index (χ4v) is 3.70. The Morgan fingerprint density at radius 3 is 2.19 bits per heavy atom. The number of nitrogens with zero attached hydrogens (tertiary/aromatic N) is 1. The van der Waals surface area contributed by atoms with E-state index in [4.69, 9.17) is 0 Å². The number of rotatable bonds is 5. The Hall–Kier alpha value is -2.34. The minimum absolute atomic E-state index is 0.142. The van der Waals surface area contributed by atoms with Gasteiger partial charge in [-0.1, -0.05) is 57.2 Å². The maximum absolute atomic E-state index is 12.6. The molecule has 0 saturated carbocycles. The largest absolute Gasteiger partial charge is 0.324 e.